The van der Waals surface area contributed by atoms with Crippen LogP contribution in [0.4, 0.5) is 4.39 Å². The number of aromatic nitrogens is 6. The van der Waals surface area contributed by atoms with Crippen LogP contribution in [0.2, 0.25) is 5.02 Å². The fraction of sp³-hybridized carbons (Fsp3) is 0.400. The van der Waals surface area contributed by atoms with Gasteiger partial charge in [0.25, 0.3) is 0 Å². The van der Waals surface area contributed by atoms with Crippen molar-refractivity contribution in [2.24, 2.45) is 0 Å². The van der Waals surface area contributed by atoms with E-state index in [4.69, 9.17) is 21.6 Å². The zero-order valence-corrected chi connectivity index (χ0v) is 21.4. The molecule has 0 amide bonds. The predicted molar refractivity (Wildman–Crippen MR) is 134 cm³/mol. The third-order valence-corrected chi connectivity index (χ3v) is 9.48. The molecule has 6 rings (SSSR count). The van der Waals surface area contributed by atoms with E-state index in [2.05, 4.69) is 15.1 Å². The van der Waals surface area contributed by atoms with Gasteiger partial charge >= 0.3 is 0 Å². The van der Waals surface area contributed by atoms with Crippen molar-refractivity contribution in [3.63, 3.8) is 0 Å². The quantitative estimate of drug-likeness (QED) is 0.366. The molecular weight excluding hydrogens is 503 g/mol. The van der Waals surface area contributed by atoms with Gasteiger partial charge in [0, 0.05) is 28.3 Å². The maximum Gasteiger partial charge on any atom is 0.182 e. The molecule has 4 heterocycles. The summed E-state index contributed by atoms with van der Waals surface area (Å²) in [6.45, 7) is 3.67. The minimum atomic E-state index is -3.35. The van der Waals surface area contributed by atoms with Gasteiger partial charge in [-0.15, -0.1) is 0 Å². The molecule has 1 aromatic carbocycles. The molecule has 0 bridgehead atoms. The SMILES string of the molecule is Cc1nc2nc([C@@H]3CCS(=O)(=O)[C@@H](c4cnn(C5CC5)c4)C3)nc(-c3ccc(Cl)cc3F)c2nc1C. The summed E-state index contributed by atoms with van der Waals surface area (Å²) in [6, 6.07) is 4.77. The zero-order chi connectivity index (χ0) is 25.2. The van der Waals surface area contributed by atoms with Crippen LogP contribution in [0.5, 0.6) is 0 Å². The lowest BCUT2D eigenvalue weighted by Gasteiger charge is -2.28. The summed E-state index contributed by atoms with van der Waals surface area (Å²) in [4.78, 5) is 18.7. The number of hydrogen-bond acceptors (Lipinski definition) is 7. The third kappa shape index (κ3) is 4.16. The molecule has 186 valence electrons. The molecule has 1 aliphatic heterocycles. The second-order valence-corrected chi connectivity index (χ2v) is 12.4. The van der Waals surface area contributed by atoms with E-state index in [1.165, 1.54) is 6.07 Å². The molecule has 2 aliphatic rings. The van der Waals surface area contributed by atoms with E-state index in [1.54, 1.807) is 18.3 Å². The van der Waals surface area contributed by atoms with Crippen LogP contribution < -0.4 is 0 Å². The standard InChI is InChI=1S/C25H24ClFN6O2S/c1-13-14(2)30-25-23(29-13)22(19-6-3-17(26)10-20(19)27)31-24(32-25)15-7-8-36(34,35)21(9-15)16-11-28-33(12-16)18-4-5-18/h3,6,10-12,15,18,21H,4-5,7-9H2,1-2H3/t15-,21-/m1/s1. The second kappa shape index (κ2) is 8.55. The molecule has 2 atom stereocenters. The van der Waals surface area contributed by atoms with Gasteiger partial charge in [0.15, 0.2) is 15.5 Å². The van der Waals surface area contributed by atoms with Crippen LogP contribution in [0.25, 0.3) is 22.4 Å². The highest BCUT2D eigenvalue weighted by molar-refractivity contribution is 7.91. The van der Waals surface area contributed by atoms with Crippen molar-refractivity contribution in [2.45, 2.75) is 56.7 Å². The first-order valence-corrected chi connectivity index (χ1v) is 14.0. The smallest absolute Gasteiger partial charge is 0.182 e. The van der Waals surface area contributed by atoms with Gasteiger partial charge in [0.1, 0.15) is 22.9 Å². The van der Waals surface area contributed by atoms with E-state index in [-0.39, 0.29) is 22.3 Å². The van der Waals surface area contributed by atoms with E-state index in [0.717, 1.165) is 12.8 Å². The Labute approximate surface area is 212 Å². The number of halogens is 2. The fourth-order valence-electron chi connectivity index (χ4n) is 4.79. The van der Waals surface area contributed by atoms with Crippen LogP contribution in [0.1, 0.15) is 65.7 Å². The number of nitrogens with zero attached hydrogens (tertiary/aromatic N) is 6. The molecular formula is C25H24ClFN6O2S. The summed E-state index contributed by atoms with van der Waals surface area (Å²) in [5, 5.41) is 3.98. The topological polar surface area (TPSA) is 104 Å². The van der Waals surface area contributed by atoms with Crippen LogP contribution >= 0.6 is 11.6 Å². The van der Waals surface area contributed by atoms with Crippen molar-refractivity contribution < 1.29 is 12.8 Å². The minimum absolute atomic E-state index is 0.0155. The van der Waals surface area contributed by atoms with E-state index < -0.39 is 20.9 Å². The molecule has 1 aliphatic carbocycles. The maximum absolute atomic E-state index is 15.0. The maximum atomic E-state index is 15.0. The molecule has 2 fully saturated rings. The molecule has 3 aromatic heterocycles. The Hall–Kier alpha value is -2.98. The number of sulfone groups is 1. The van der Waals surface area contributed by atoms with Gasteiger partial charge in [-0.05, 0) is 57.7 Å². The number of hydrogen-bond donors (Lipinski definition) is 0. The Balaban J connectivity index is 1.45. The van der Waals surface area contributed by atoms with E-state index >= 15 is 0 Å². The van der Waals surface area contributed by atoms with Crippen molar-refractivity contribution in [1.82, 2.24) is 29.7 Å². The van der Waals surface area contributed by atoms with Crippen molar-refractivity contribution in [3.8, 4) is 11.3 Å². The minimum Gasteiger partial charge on any atom is -0.269 e. The lowest BCUT2D eigenvalue weighted by atomic mass is 9.95. The molecule has 4 aromatic rings. The summed E-state index contributed by atoms with van der Waals surface area (Å²) < 4.78 is 43.0. The highest BCUT2D eigenvalue weighted by Crippen LogP contribution is 2.42. The average molecular weight is 527 g/mol. The molecule has 8 nitrogen and oxygen atoms in total. The number of rotatable bonds is 4. The van der Waals surface area contributed by atoms with Crippen LogP contribution in [0, 0.1) is 19.7 Å². The predicted octanol–water partition coefficient (Wildman–Crippen LogP) is 5.06. The van der Waals surface area contributed by atoms with Crippen LogP contribution in [-0.2, 0) is 9.84 Å². The number of fused-ring (bicyclic) bond motifs is 1. The molecule has 0 N–H and O–H groups in total. The third-order valence-electron chi connectivity index (χ3n) is 7.11. The molecule has 0 radical (unpaired) electrons. The first-order valence-electron chi connectivity index (χ1n) is 11.9. The largest absolute Gasteiger partial charge is 0.269 e. The van der Waals surface area contributed by atoms with Crippen LogP contribution in [0.15, 0.2) is 30.6 Å². The Morgan fingerprint density at radius 1 is 1.06 bits per heavy atom. The van der Waals surface area contributed by atoms with Crippen molar-refractivity contribution in [3.05, 3.63) is 64.2 Å². The Morgan fingerprint density at radius 3 is 2.58 bits per heavy atom. The van der Waals surface area contributed by atoms with Gasteiger partial charge < -0.3 is 0 Å². The summed E-state index contributed by atoms with van der Waals surface area (Å²) >= 11 is 5.98. The fourth-order valence-corrected chi connectivity index (χ4v) is 6.91. The highest BCUT2D eigenvalue weighted by Gasteiger charge is 2.39. The molecule has 1 saturated heterocycles. The number of benzene rings is 1. The summed E-state index contributed by atoms with van der Waals surface area (Å²) in [6.07, 6.45) is 6.35. The first kappa shape index (κ1) is 23.4. The monoisotopic (exact) mass is 526 g/mol. The molecule has 0 spiro atoms. The van der Waals surface area contributed by atoms with Gasteiger partial charge in [-0.3, -0.25) is 4.68 Å². The van der Waals surface area contributed by atoms with Gasteiger partial charge in [-0.2, -0.15) is 5.10 Å². The lowest BCUT2D eigenvalue weighted by molar-refractivity contribution is 0.498. The Bertz CT molecular complexity index is 1620. The Kier molecular flexibility index (Phi) is 5.56. The van der Waals surface area contributed by atoms with Gasteiger partial charge in [0.05, 0.1) is 34.6 Å². The highest BCUT2D eigenvalue weighted by atomic mass is 35.5. The normalized spacial score (nSPS) is 21.7. The van der Waals surface area contributed by atoms with Crippen molar-refractivity contribution in [2.75, 3.05) is 5.75 Å². The molecule has 1 saturated carbocycles. The van der Waals surface area contributed by atoms with E-state index in [0.29, 0.717) is 58.5 Å². The lowest BCUT2D eigenvalue weighted by Crippen LogP contribution is -2.27. The summed E-state index contributed by atoms with van der Waals surface area (Å²) in [5.74, 6) is -0.310. The van der Waals surface area contributed by atoms with E-state index in [9.17, 15) is 12.8 Å². The molecule has 36 heavy (non-hydrogen) atoms. The first-order chi connectivity index (χ1) is 17.2. The van der Waals surface area contributed by atoms with Crippen LogP contribution in [0.3, 0.4) is 0 Å². The van der Waals surface area contributed by atoms with Crippen molar-refractivity contribution >= 4 is 32.6 Å². The van der Waals surface area contributed by atoms with Crippen LogP contribution in [-0.4, -0.2) is 43.9 Å². The van der Waals surface area contributed by atoms with Gasteiger partial charge in [0.2, 0.25) is 0 Å². The van der Waals surface area contributed by atoms with Gasteiger partial charge in [-0.1, -0.05) is 11.6 Å². The van der Waals surface area contributed by atoms with E-state index in [1.807, 2.05) is 24.7 Å². The average Bonchev–Trinajstić information content (AvgIpc) is 3.56. The summed E-state index contributed by atoms with van der Waals surface area (Å²) in [7, 11) is -3.35. The van der Waals surface area contributed by atoms with Crippen molar-refractivity contribution in [1.29, 1.82) is 0 Å². The zero-order valence-electron chi connectivity index (χ0n) is 19.8. The van der Waals surface area contributed by atoms with Gasteiger partial charge in [-0.25, -0.2) is 32.7 Å². The number of aryl methyl sites for hydroxylation is 2. The molecule has 0 unspecified atom stereocenters. The Morgan fingerprint density at radius 2 is 1.83 bits per heavy atom. The summed E-state index contributed by atoms with van der Waals surface area (Å²) in [5.41, 5.74) is 3.44. The molecule has 11 heteroatoms. The second-order valence-electron chi connectivity index (χ2n) is 9.68.